The van der Waals surface area contributed by atoms with E-state index in [0.29, 0.717) is 24.2 Å². The van der Waals surface area contributed by atoms with Gasteiger partial charge in [0.2, 0.25) is 5.78 Å². The lowest BCUT2D eigenvalue weighted by Crippen LogP contribution is -2.21. The van der Waals surface area contributed by atoms with Crippen LogP contribution in [0.1, 0.15) is 30.3 Å². The van der Waals surface area contributed by atoms with E-state index >= 15 is 0 Å². The molecule has 1 aromatic rings. The monoisotopic (exact) mass is 234 g/mol. The van der Waals surface area contributed by atoms with Crippen LogP contribution in [-0.2, 0) is 4.74 Å². The number of ketones is 1. The number of ether oxygens (including phenoxy) is 1. The van der Waals surface area contributed by atoms with Crippen LogP contribution in [0.2, 0.25) is 0 Å². The molecule has 92 valence electrons. The van der Waals surface area contributed by atoms with Gasteiger partial charge in [-0.15, -0.1) is 0 Å². The van der Waals surface area contributed by atoms with E-state index in [0.717, 1.165) is 12.8 Å². The maximum atomic E-state index is 11.6. The van der Waals surface area contributed by atoms with Crippen LogP contribution < -0.4 is 0 Å². The molecule has 0 aromatic carbocycles. The van der Waals surface area contributed by atoms with E-state index < -0.39 is 0 Å². The summed E-state index contributed by atoms with van der Waals surface area (Å²) in [5.74, 6) is 1.46. The van der Waals surface area contributed by atoms with E-state index in [1.807, 2.05) is 0 Å². The second kappa shape index (κ2) is 5.82. The molecule has 1 aliphatic rings. The van der Waals surface area contributed by atoms with Gasteiger partial charge in [0.25, 0.3) is 0 Å². The topological polar surface area (TPSA) is 39.4 Å². The summed E-state index contributed by atoms with van der Waals surface area (Å²) in [6.07, 6.45) is 8.08. The van der Waals surface area contributed by atoms with Crippen molar-refractivity contribution in [1.82, 2.24) is 0 Å². The first-order valence-corrected chi connectivity index (χ1v) is 6.07. The van der Waals surface area contributed by atoms with Crippen molar-refractivity contribution in [2.24, 2.45) is 11.8 Å². The molecular formula is C14H18O3. The number of Topliss-reactive ketones (excluding diaryl/α,β-unsaturated/α-hetero) is 1. The smallest absolute Gasteiger partial charge is 0.223 e. The van der Waals surface area contributed by atoms with Gasteiger partial charge in [-0.25, -0.2) is 0 Å². The molecule has 0 aliphatic heterocycles. The fourth-order valence-corrected chi connectivity index (χ4v) is 2.05. The summed E-state index contributed by atoms with van der Waals surface area (Å²) in [6.45, 7) is 2.99. The van der Waals surface area contributed by atoms with Crippen molar-refractivity contribution in [2.75, 3.05) is 13.2 Å². The SMILES string of the molecule is CC1CC=CCC1COCC(=O)c1ccco1. The highest BCUT2D eigenvalue weighted by Gasteiger charge is 2.19. The second-order valence-electron chi connectivity index (χ2n) is 4.60. The molecule has 1 aliphatic carbocycles. The molecule has 2 rings (SSSR count). The molecule has 0 amide bonds. The highest BCUT2D eigenvalue weighted by atomic mass is 16.5. The molecule has 17 heavy (non-hydrogen) atoms. The van der Waals surface area contributed by atoms with Crippen molar-refractivity contribution in [1.29, 1.82) is 0 Å². The zero-order valence-corrected chi connectivity index (χ0v) is 10.1. The van der Waals surface area contributed by atoms with E-state index in [1.54, 1.807) is 12.1 Å². The number of rotatable bonds is 5. The fourth-order valence-electron chi connectivity index (χ4n) is 2.05. The molecule has 0 spiro atoms. The molecule has 0 saturated carbocycles. The summed E-state index contributed by atoms with van der Waals surface area (Å²) >= 11 is 0. The summed E-state index contributed by atoms with van der Waals surface area (Å²) in [5.41, 5.74) is 0. The van der Waals surface area contributed by atoms with Gasteiger partial charge in [0.05, 0.1) is 12.9 Å². The second-order valence-corrected chi connectivity index (χ2v) is 4.60. The van der Waals surface area contributed by atoms with Crippen molar-refractivity contribution in [3.05, 3.63) is 36.3 Å². The van der Waals surface area contributed by atoms with Crippen molar-refractivity contribution in [3.63, 3.8) is 0 Å². The molecule has 2 atom stereocenters. The van der Waals surface area contributed by atoms with E-state index in [9.17, 15) is 4.79 Å². The molecule has 0 fully saturated rings. The van der Waals surface area contributed by atoms with E-state index in [1.165, 1.54) is 6.26 Å². The van der Waals surface area contributed by atoms with Gasteiger partial charge in [-0.3, -0.25) is 4.79 Å². The third kappa shape index (κ3) is 3.30. The summed E-state index contributed by atoms with van der Waals surface area (Å²) in [5, 5.41) is 0. The molecule has 0 bridgehead atoms. The zero-order valence-electron chi connectivity index (χ0n) is 10.1. The average Bonchev–Trinajstić information content (AvgIpc) is 2.85. The van der Waals surface area contributed by atoms with Crippen LogP contribution in [0.15, 0.2) is 35.0 Å². The first-order valence-electron chi connectivity index (χ1n) is 6.07. The molecule has 1 aromatic heterocycles. The number of allylic oxidation sites excluding steroid dienone is 2. The normalized spacial score (nSPS) is 23.8. The van der Waals surface area contributed by atoms with Crippen molar-refractivity contribution < 1.29 is 13.9 Å². The lowest BCUT2D eigenvalue weighted by molar-refractivity contribution is 0.0581. The summed E-state index contributed by atoms with van der Waals surface area (Å²) in [4.78, 5) is 11.6. The van der Waals surface area contributed by atoms with Crippen LogP contribution >= 0.6 is 0 Å². The van der Waals surface area contributed by atoms with Crippen LogP contribution in [0, 0.1) is 11.8 Å². The quantitative estimate of drug-likeness (QED) is 0.580. The van der Waals surface area contributed by atoms with Crippen LogP contribution in [0.3, 0.4) is 0 Å². The largest absolute Gasteiger partial charge is 0.461 e. The maximum Gasteiger partial charge on any atom is 0.223 e. The van der Waals surface area contributed by atoms with Gasteiger partial charge in [0.15, 0.2) is 5.76 Å². The highest BCUT2D eigenvalue weighted by molar-refractivity contribution is 5.94. The zero-order chi connectivity index (χ0) is 12.1. The molecular weight excluding hydrogens is 216 g/mol. The Kier molecular flexibility index (Phi) is 4.15. The Morgan fingerprint density at radius 1 is 1.47 bits per heavy atom. The molecule has 0 saturated heterocycles. The molecule has 3 nitrogen and oxygen atoms in total. The molecule has 1 heterocycles. The van der Waals surface area contributed by atoms with E-state index in [2.05, 4.69) is 19.1 Å². The molecule has 0 radical (unpaired) electrons. The van der Waals surface area contributed by atoms with Crippen LogP contribution in [0.5, 0.6) is 0 Å². The number of hydrogen-bond donors (Lipinski definition) is 0. The number of carbonyl (C=O) groups excluding carboxylic acids is 1. The third-order valence-electron chi connectivity index (χ3n) is 3.28. The van der Waals surface area contributed by atoms with Crippen molar-refractivity contribution in [3.8, 4) is 0 Å². The van der Waals surface area contributed by atoms with Crippen LogP contribution in [0.25, 0.3) is 0 Å². The van der Waals surface area contributed by atoms with E-state index in [4.69, 9.17) is 9.15 Å². The van der Waals surface area contributed by atoms with E-state index in [-0.39, 0.29) is 12.4 Å². The van der Waals surface area contributed by atoms with Crippen molar-refractivity contribution >= 4 is 5.78 Å². The summed E-state index contributed by atoms with van der Waals surface area (Å²) in [7, 11) is 0. The average molecular weight is 234 g/mol. The molecule has 3 heteroatoms. The van der Waals surface area contributed by atoms with Gasteiger partial charge in [-0.05, 0) is 36.8 Å². The van der Waals surface area contributed by atoms with Crippen LogP contribution in [-0.4, -0.2) is 19.0 Å². The first-order chi connectivity index (χ1) is 8.27. The van der Waals surface area contributed by atoms with Gasteiger partial charge in [-0.1, -0.05) is 19.1 Å². The summed E-state index contributed by atoms with van der Waals surface area (Å²) in [6, 6.07) is 3.37. The Hall–Kier alpha value is -1.35. The minimum Gasteiger partial charge on any atom is -0.461 e. The Morgan fingerprint density at radius 2 is 2.29 bits per heavy atom. The number of carbonyl (C=O) groups is 1. The Balaban J connectivity index is 1.72. The van der Waals surface area contributed by atoms with Crippen LogP contribution in [0.4, 0.5) is 0 Å². The van der Waals surface area contributed by atoms with Crippen molar-refractivity contribution in [2.45, 2.75) is 19.8 Å². The lowest BCUT2D eigenvalue weighted by Gasteiger charge is -2.24. The summed E-state index contributed by atoms with van der Waals surface area (Å²) < 4.78 is 10.5. The lowest BCUT2D eigenvalue weighted by atomic mass is 9.85. The predicted molar refractivity (Wildman–Crippen MR) is 64.9 cm³/mol. The third-order valence-corrected chi connectivity index (χ3v) is 3.28. The highest BCUT2D eigenvalue weighted by Crippen LogP contribution is 2.24. The number of furan rings is 1. The van der Waals surface area contributed by atoms with Gasteiger partial charge < -0.3 is 9.15 Å². The van der Waals surface area contributed by atoms with Gasteiger partial charge in [-0.2, -0.15) is 0 Å². The Morgan fingerprint density at radius 3 is 3.00 bits per heavy atom. The Bertz CT molecular complexity index is 378. The molecule has 0 N–H and O–H groups in total. The predicted octanol–water partition coefficient (Wildman–Crippen LogP) is 3.08. The fraction of sp³-hybridized carbons (Fsp3) is 0.500. The maximum absolute atomic E-state index is 11.6. The van der Waals surface area contributed by atoms with Gasteiger partial charge in [0.1, 0.15) is 6.61 Å². The minimum absolute atomic E-state index is 0.0889. The number of hydrogen-bond acceptors (Lipinski definition) is 3. The molecule has 2 unspecified atom stereocenters. The van der Waals surface area contributed by atoms with Gasteiger partial charge in [0, 0.05) is 0 Å². The standard InChI is InChI=1S/C14H18O3/c1-11-5-2-3-6-12(11)9-16-10-13(15)14-7-4-8-17-14/h2-4,7-8,11-12H,5-6,9-10H2,1H3. The van der Waals surface area contributed by atoms with Gasteiger partial charge >= 0.3 is 0 Å². The Labute approximate surface area is 101 Å². The minimum atomic E-state index is -0.0889. The first kappa shape index (κ1) is 12.1.